The van der Waals surface area contributed by atoms with Crippen LogP contribution >= 0.6 is 0 Å². The van der Waals surface area contributed by atoms with Gasteiger partial charge in [0.15, 0.2) is 0 Å². The molecule has 2 N–H and O–H groups in total. The van der Waals surface area contributed by atoms with E-state index in [0.717, 1.165) is 18.4 Å². The lowest BCUT2D eigenvalue weighted by molar-refractivity contribution is 0.407. The molecule has 0 saturated heterocycles. The van der Waals surface area contributed by atoms with Crippen molar-refractivity contribution in [3.63, 3.8) is 0 Å². The number of nitrogens with zero attached hydrogens (tertiary/aromatic N) is 3. The molecule has 1 aliphatic rings. The van der Waals surface area contributed by atoms with Crippen molar-refractivity contribution in [2.24, 2.45) is 13.0 Å². The molecule has 0 saturated carbocycles. The average molecular weight is 325 g/mol. The Kier molecular flexibility index (Phi) is 4.18. The molecule has 1 aromatic heterocycles. The molecule has 0 spiro atoms. The molecule has 5 nitrogen and oxygen atoms in total. The van der Waals surface area contributed by atoms with Gasteiger partial charge in [0, 0.05) is 24.1 Å². The van der Waals surface area contributed by atoms with E-state index in [-0.39, 0.29) is 23.3 Å². The van der Waals surface area contributed by atoms with Gasteiger partial charge in [-0.25, -0.2) is 0 Å². The van der Waals surface area contributed by atoms with Crippen molar-refractivity contribution in [2.75, 3.05) is 0 Å². The molecule has 1 heterocycles. The van der Waals surface area contributed by atoms with Gasteiger partial charge in [-0.15, -0.1) is 5.10 Å². The third-order valence-electron chi connectivity index (χ3n) is 4.75. The first-order chi connectivity index (χ1) is 11.4. The summed E-state index contributed by atoms with van der Waals surface area (Å²) >= 11 is 0. The number of phenols is 2. The number of hydrogen-bond acceptors (Lipinski definition) is 4. The van der Waals surface area contributed by atoms with Crippen LogP contribution in [-0.4, -0.2) is 25.2 Å². The summed E-state index contributed by atoms with van der Waals surface area (Å²) in [4.78, 5) is 0. The van der Waals surface area contributed by atoms with E-state index in [4.69, 9.17) is 0 Å². The van der Waals surface area contributed by atoms with Crippen molar-refractivity contribution in [1.29, 1.82) is 0 Å². The Morgan fingerprint density at radius 2 is 1.96 bits per heavy atom. The van der Waals surface area contributed by atoms with Crippen LogP contribution in [0.1, 0.15) is 38.2 Å². The Balaban J connectivity index is 2.07. The van der Waals surface area contributed by atoms with Crippen LogP contribution in [0.5, 0.6) is 11.5 Å². The maximum absolute atomic E-state index is 10.6. The van der Waals surface area contributed by atoms with E-state index in [1.165, 1.54) is 5.57 Å². The van der Waals surface area contributed by atoms with Crippen LogP contribution in [0.3, 0.4) is 0 Å². The van der Waals surface area contributed by atoms with Crippen molar-refractivity contribution >= 4 is 0 Å². The minimum atomic E-state index is -0.0628. The van der Waals surface area contributed by atoms with Gasteiger partial charge < -0.3 is 10.2 Å². The molecule has 2 aromatic rings. The Labute approximate surface area is 142 Å². The second-order valence-corrected chi connectivity index (χ2v) is 6.74. The zero-order chi connectivity index (χ0) is 17.4. The second-order valence-electron chi connectivity index (χ2n) is 6.74. The summed E-state index contributed by atoms with van der Waals surface area (Å²) < 4.78 is 1.58. The summed E-state index contributed by atoms with van der Waals surface area (Å²) in [5.41, 5.74) is 4.16. The Morgan fingerprint density at radius 1 is 1.29 bits per heavy atom. The normalized spacial score (nSPS) is 20.7. The zero-order valence-corrected chi connectivity index (χ0v) is 14.3. The number of benzene rings is 1. The fourth-order valence-corrected chi connectivity index (χ4v) is 3.50. The minimum absolute atomic E-state index is 0.0628. The Hall–Kier alpha value is -2.56. The fourth-order valence-electron chi connectivity index (χ4n) is 3.50. The highest BCUT2D eigenvalue weighted by Gasteiger charge is 2.30. The van der Waals surface area contributed by atoms with Gasteiger partial charge >= 0.3 is 0 Å². The predicted octanol–water partition coefficient (Wildman–Crippen LogP) is 3.91. The number of aryl methyl sites for hydroxylation is 1. The van der Waals surface area contributed by atoms with Crippen molar-refractivity contribution < 1.29 is 10.2 Å². The van der Waals surface area contributed by atoms with Crippen molar-refractivity contribution in [2.45, 2.75) is 32.6 Å². The number of aromatic nitrogens is 3. The topological polar surface area (TPSA) is 71.2 Å². The summed E-state index contributed by atoms with van der Waals surface area (Å²) in [5.74, 6) is 0.315. The lowest BCUT2D eigenvalue weighted by atomic mass is 9.73. The van der Waals surface area contributed by atoms with Crippen LogP contribution in [0.2, 0.25) is 0 Å². The van der Waals surface area contributed by atoms with E-state index in [2.05, 4.69) is 29.9 Å². The molecule has 0 radical (unpaired) electrons. The van der Waals surface area contributed by atoms with Crippen molar-refractivity contribution in [3.05, 3.63) is 47.7 Å². The zero-order valence-electron chi connectivity index (χ0n) is 14.3. The van der Waals surface area contributed by atoms with Gasteiger partial charge in [0.25, 0.3) is 0 Å². The Bertz CT molecular complexity index is 797. The molecule has 0 fully saturated rings. The maximum Gasteiger partial charge on any atom is 0.123 e. The fraction of sp³-hybridized carbons (Fsp3) is 0.368. The first-order valence-corrected chi connectivity index (χ1v) is 8.12. The molecule has 24 heavy (non-hydrogen) atoms. The molecule has 2 atom stereocenters. The lowest BCUT2D eigenvalue weighted by Gasteiger charge is -2.31. The van der Waals surface area contributed by atoms with Gasteiger partial charge in [-0.1, -0.05) is 29.0 Å². The van der Waals surface area contributed by atoms with Gasteiger partial charge in [-0.05, 0) is 44.7 Å². The molecule has 0 aliphatic heterocycles. The van der Waals surface area contributed by atoms with E-state index in [0.29, 0.717) is 16.8 Å². The standard InChI is InChI=1S/C19H23N3O2/c1-11(2)14-6-5-12(3)7-15(14)19-17(23)8-13(9-18(19)24)16-10-22(4)21-20-16/h7-10,14-15,23-24H,1,5-6H2,2-4H3/t14-,15+/m0/s1. The number of phenolic OH excluding ortho intramolecular Hbond substituents is 2. The number of rotatable bonds is 3. The van der Waals surface area contributed by atoms with Crippen LogP contribution < -0.4 is 0 Å². The van der Waals surface area contributed by atoms with Crippen LogP contribution in [0.4, 0.5) is 0 Å². The van der Waals surface area contributed by atoms with E-state index < -0.39 is 0 Å². The smallest absolute Gasteiger partial charge is 0.123 e. The molecular formula is C19H23N3O2. The maximum atomic E-state index is 10.6. The van der Waals surface area contributed by atoms with E-state index in [1.54, 1.807) is 30.1 Å². The van der Waals surface area contributed by atoms with Crippen LogP contribution in [0.25, 0.3) is 11.3 Å². The molecule has 3 rings (SSSR count). The molecule has 0 bridgehead atoms. The minimum Gasteiger partial charge on any atom is -0.507 e. The summed E-state index contributed by atoms with van der Waals surface area (Å²) in [6.45, 7) is 8.19. The third-order valence-corrected chi connectivity index (χ3v) is 4.75. The first kappa shape index (κ1) is 16.3. The summed E-state index contributed by atoms with van der Waals surface area (Å²) in [5, 5.41) is 29.1. The molecule has 126 valence electrons. The summed E-state index contributed by atoms with van der Waals surface area (Å²) in [7, 11) is 1.78. The highest BCUT2D eigenvalue weighted by atomic mass is 16.3. The summed E-state index contributed by atoms with van der Waals surface area (Å²) in [6, 6.07) is 3.29. The molecule has 1 aromatic carbocycles. The van der Waals surface area contributed by atoms with E-state index >= 15 is 0 Å². The quantitative estimate of drug-likeness (QED) is 0.839. The molecule has 0 amide bonds. The van der Waals surface area contributed by atoms with Gasteiger partial charge in [-0.3, -0.25) is 4.68 Å². The number of aromatic hydroxyl groups is 2. The Morgan fingerprint density at radius 3 is 2.50 bits per heavy atom. The van der Waals surface area contributed by atoms with Gasteiger partial charge in [0.1, 0.15) is 17.2 Å². The van der Waals surface area contributed by atoms with E-state index in [1.807, 2.05) is 6.92 Å². The SMILES string of the molecule is C=C(C)[C@@H]1CCC(C)=C[C@H]1c1c(O)cc(-c2cn(C)nn2)cc1O. The second kappa shape index (κ2) is 6.15. The predicted molar refractivity (Wildman–Crippen MR) is 93.8 cm³/mol. The van der Waals surface area contributed by atoms with Crippen LogP contribution in [0.15, 0.2) is 42.1 Å². The summed E-state index contributed by atoms with van der Waals surface area (Å²) in [6.07, 6.45) is 5.88. The third kappa shape index (κ3) is 2.94. The van der Waals surface area contributed by atoms with Crippen molar-refractivity contribution in [3.8, 4) is 22.8 Å². The number of hydrogen-bond donors (Lipinski definition) is 2. The molecule has 1 aliphatic carbocycles. The molecule has 0 unspecified atom stereocenters. The first-order valence-electron chi connectivity index (χ1n) is 8.12. The lowest BCUT2D eigenvalue weighted by Crippen LogP contribution is -2.17. The van der Waals surface area contributed by atoms with E-state index in [9.17, 15) is 10.2 Å². The molecular weight excluding hydrogens is 302 g/mol. The van der Waals surface area contributed by atoms with Gasteiger partial charge in [0.05, 0.1) is 6.20 Å². The highest BCUT2D eigenvalue weighted by molar-refractivity contribution is 5.66. The van der Waals surface area contributed by atoms with Crippen LogP contribution in [0, 0.1) is 5.92 Å². The van der Waals surface area contributed by atoms with Crippen LogP contribution in [-0.2, 0) is 7.05 Å². The average Bonchev–Trinajstić information content (AvgIpc) is 2.93. The number of allylic oxidation sites excluding steroid dienone is 3. The molecule has 5 heteroatoms. The van der Waals surface area contributed by atoms with Gasteiger partial charge in [-0.2, -0.15) is 0 Å². The highest BCUT2D eigenvalue weighted by Crippen LogP contribution is 2.47. The monoisotopic (exact) mass is 325 g/mol. The van der Waals surface area contributed by atoms with Crippen molar-refractivity contribution in [1.82, 2.24) is 15.0 Å². The largest absolute Gasteiger partial charge is 0.507 e. The van der Waals surface area contributed by atoms with Gasteiger partial charge in [0.2, 0.25) is 0 Å².